The molecule has 0 aliphatic heterocycles. The van der Waals surface area contributed by atoms with E-state index >= 15 is 0 Å². The van der Waals surface area contributed by atoms with E-state index < -0.39 is 0 Å². The van der Waals surface area contributed by atoms with Gasteiger partial charge < -0.3 is 14.8 Å². The Labute approximate surface area is 143 Å². The van der Waals surface area contributed by atoms with Gasteiger partial charge in [0.05, 0.1) is 13.2 Å². The molecule has 0 saturated carbocycles. The van der Waals surface area contributed by atoms with Crippen molar-refractivity contribution in [3.63, 3.8) is 0 Å². The highest BCUT2D eigenvalue weighted by atomic mass is 16.5. The molecule has 0 bridgehead atoms. The highest BCUT2D eigenvalue weighted by molar-refractivity contribution is 6.04. The summed E-state index contributed by atoms with van der Waals surface area (Å²) in [7, 11) is 0. The summed E-state index contributed by atoms with van der Waals surface area (Å²) in [6, 6.07) is 14.6. The molecule has 1 amide bonds. The fourth-order valence-corrected chi connectivity index (χ4v) is 2.02. The lowest BCUT2D eigenvalue weighted by molar-refractivity contribution is 0.102. The van der Waals surface area contributed by atoms with Crippen molar-refractivity contribution in [1.82, 2.24) is 0 Å². The lowest BCUT2D eigenvalue weighted by Crippen LogP contribution is -2.12. The zero-order valence-electron chi connectivity index (χ0n) is 14.5. The minimum Gasteiger partial charge on any atom is -0.494 e. The van der Waals surface area contributed by atoms with E-state index in [0.29, 0.717) is 24.7 Å². The van der Waals surface area contributed by atoms with Crippen molar-refractivity contribution in [2.45, 2.75) is 27.2 Å². The minimum absolute atomic E-state index is 0.146. The molecule has 2 rings (SSSR count). The van der Waals surface area contributed by atoms with Crippen LogP contribution in [0.2, 0.25) is 0 Å². The Morgan fingerprint density at radius 1 is 0.958 bits per heavy atom. The molecular formula is C20H25NO3. The molecule has 24 heavy (non-hydrogen) atoms. The monoisotopic (exact) mass is 327 g/mol. The van der Waals surface area contributed by atoms with Crippen molar-refractivity contribution in [3.8, 4) is 11.5 Å². The molecule has 0 unspecified atom stereocenters. The van der Waals surface area contributed by atoms with Gasteiger partial charge in [-0.1, -0.05) is 20.8 Å². The van der Waals surface area contributed by atoms with E-state index in [1.54, 1.807) is 12.1 Å². The Balaban J connectivity index is 1.91. The average Bonchev–Trinajstić information content (AvgIpc) is 2.59. The van der Waals surface area contributed by atoms with Crippen LogP contribution >= 0.6 is 0 Å². The molecule has 2 aromatic carbocycles. The van der Waals surface area contributed by atoms with Gasteiger partial charge in [-0.25, -0.2) is 0 Å². The van der Waals surface area contributed by atoms with Gasteiger partial charge in [-0.3, -0.25) is 4.79 Å². The Hall–Kier alpha value is -2.49. The molecule has 0 atom stereocenters. The van der Waals surface area contributed by atoms with E-state index in [1.807, 2.05) is 36.4 Å². The quantitative estimate of drug-likeness (QED) is 0.760. The van der Waals surface area contributed by atoms with Gasteiger partial charge in [0.2, 0.25) is 0 Å². The van der Waals surface area contributed by atoms with Crippen LogP contribution in [0.5, 0.6) is 11.5 Å². The summed E-state index contributed by atoms with van der Waals surface area (Å²) in [5.41, 5.74) is 1.34. The zero-order valence-corrected chi connectivity index (χ0v) is 14.5. The van der Waals surface area contributed by atoms with Gasteiger partial charge in [0, 0.05) is 11.3 Å². The van der Waals surface area contributed by atoms with Gasteiger partial charge in [-0.2, -0.15) is 0 Å². The molecule has 0 spiro atoms. The smallest absolute Gasteiger partial charge is 0.255 e. The molecule has 128 valence electrons. The number of nitrogens with one attached hydrogen (secondary N) is 1. The number of hydrogen-bond acceptors (Lipinski definition) is 3. The predicted octanol–water partition coefficient (Wildman–Crippen LogP) is 4.76. The fraction of sp³-hybridized carbons (Fsp3) is 0.350. The summed E-state index contributed by atoms with van der Waals surface area (Å²) in [6.45, 7) is 7.61. The predicted molar refractivity (Wildman–Crippen MR) is 97.0 cm³/mol. The van der Waals surface area contributed by atoms with Crippen molar-refractivity contribution in [1.29, 1.82) is 0 Å². The summed E-state index contributed by atoms with van der Waals surface area (Å²) >= 11 is 0. The van der Waals surface area contributed by atoms with Crippen LogP contribution in [0.3, 0.4) is 0 Å². The molecule has 2 aromatic rings. The highest BCUT2D eigenvalue weighted by Crippen LogP contribution is 2.18. The SMILES string of the molecule is CCCOc1ccc(NC(=O)c2ccc(OCC(C)C)cc2)cc1. The van der Waals surface area contributed by atoms with Crippen LogP contribution < -0.4 is 14.8 Å². The van der Waals surface area contributed by atoms with Crippen molar-refractivity contribution in [2.24, 2.45) is 5.92 Å². The minimum atomic E-state index is -0.146. The van der Waals surface area contributed by atoms with Crippen molar-refractivity contribution >= 4 is 11.6 Å². The largest absolute Gasteiger partial charge is 0.494 e. The molecule has 0 fully saturated rings. The van der Waals surface area contributed by atoms with E-state index in [0.717, 1.165) is 23.6 Å². The molecule has 4 nitrogen and oxygen atoms in total. The number of hydrogen-bond donors (Lipinski definition) is 1. The third-order valence-electron chi connectivity index (χ3n) is 3.28. The average molecular weight is 327 g/mol. The third kappa shape index (κ3) is 5.61. The Kier molecular flexibility index (Phi) is 6.67. The number of anilines is 1. The maximum Gasteiger partial charge on any atom is 0.255 e. The van der Waals surface area contributed by atoms with Crippen LogP contribution in [0, 0.1) is 5.92 Å². The van der Waals surface area contributed by atoms with Gasteiger partial charge in [-0.05, 0) is 60.9 Å². The molecule has 0 aromatic heterocycles. The summed E-state index contributed by atoms with van der Waals surface area (Å²) in [5, 5.41) is 2.88. The van der Waals surface area contributed by atoms with Gasteiger partial charge in [0.1, 0.15) is 11.5 Å². The topological polar surface area (TPSA) is 47.6 Å². The Morgan fingerprint density at radius 3 is 2.12 bits per heavy atom. The first-order chi connectivity index (χ1) is 11.6. The molecule has 1 N–H and O–H groups in total. The van der Waals surface area contributed by atoms with E-state index in [-0.39, 0.29) is 5.91 Å². The third-order valence-corrected chi connectivity index (χ3v) is 3.28. The second-order valence-corrected chi connectivity index (χ2v) is 6.06. The number of ether oxygens (including phenoxy) is 2. The molecule has 0 radical (unpaired) electrons. The number of rotatable bonds is 8. The number of carbonyl (C=O) groups excluding carboxylic acids is 1. The molecule has 4 heteroatoms. The normalized spacial score (nSPS) is 10.5. The van der Waals surface area contributed by atoms with Crippen LogP contribution in [0.4, 0.5) is 5.69 Å². The van der Waals surface area contributed by atoms with Crippen molar-refractivity contribution in [2.75, 3.05) is 18.5 Å². The summed E-state index contributed by atoms with van der Waals surface area (Å²) in [6.07, 6.45) is 0.968. The first-order valence-electron chi connectivity index (χ1n) is 8.35. The second kappa shape index (κ2) is 8.96. The maximum absolute atomic E-state index is 12.3. The Bertz CT molecular complexity index is 633. The Morgan fingerprint density at radius 2 is 1.54 bits per heavy atom. The molecule has 0 heterocycles. The van der Waals surface area contributed by atoms with Crippen molar-refractivity contribution < 1.29 is 14.3 Å². The standard InChI is InChI=1S/C20H25NO3/c1-4-13-23-18-11-7-17(8-12-18)21-20(22)16-5-9-19(10-6-16)24-14-15(2)3/h5-12,15H,4,13-14H2,1-3H3,(H,21,22). The molecule has 0 aliphatic carbocycles. The van der Waals surface area contributed by atoms with Gasteiger partial charge in [-0.15, -0.1) is 0 Å². The maximum atomic E-state index is 12.3. The van der Waals surface area contributed by atoms with E-state index in [9.17, 15) is 4.79 Å². The van der Waals surface area contributed by atoms with Gasteiger partial charge >= 0.3 is 0 Å². The fourth-order valence-electron chi connectivity index (χ4n) is 2.02. The summed E-state index contributed by atoms with van der Waals surface area (Å²) in [5.74, 6) is 1.91. The molecule has 0 saturated heterocycles. The second-order valence-electron chi connectivity index (χ2n) is 6.06. The zero-order chi connectivity index (χ0) is 17.4. The number of carbonyl (C=O) groups is 1. The van der Waals surface area contributed by atoms with Crippen LogP contribution in [0.1, 0.15) is 37.6 Å². The van der Waals surface area contributed by atoms with Gasteiger partial charge in [0.15, 0.2) is 0 Å². The lowest BCUT2D eigenvalue weighted by atomic mass is 10.2. The van der Waals surface area contributed by atoms with E-state index in [1.165, 1.54) is 0 Å². The lowest BCUT2D eigenvalue weighted by Gasteiger charge is -2.10. The van der Waals surface area contributed by atoms with Gasteiger partial charge in [0.25, 0.3) is 5.91 Å². The first kappa shape index (κ1) is 17.9. The number of benzene rings is 2. The van der Waals surface area contributed by atoms with Crippen LogP contribution in [0.25, 0.3) is 0 Å². The van der Waals surface area contributed by atoms with Crippen LogP contribution in [0.15, 0.2) is 48.5 Å². The van der Waals surface area contributed by atoms with Crippen molar-refractivity contribution in [3.05, 3.63) is 54.1 Å². The molecular weight excluding hydrogens is 302 g/mol. The van der Waals surface area contributed by atoms with E-state index in [4.69, 9.17) is 9.47 Å². The highest BCUT2D eigenvalue weighted by Gasteiger charge is 2.07. The van der Waals surface area contributed by atoms with Crippen LogP contribution in [-0.4, -0.2) is 19.1 Å². The molecule has 0 aliphatic rings. The number of amides is 1. The summed E-state index contributed by atoms with van der Waals surface area (Å²) < 4.78 is 11.1. The van der Waals surface area contributed by atoms with E-state index in [2.05, 4.69) is 26.1 Å². The summed E-state index contributed by atoms with van der Waals surface area (Å²) in [4.78, 5) is 12.3. The van der Waals surface area contributed by atoms with Crippen LogP contribution in [-0.2, 0) is 0 Å². The first-order valence-corrected chi connectivity index (χ1v) is 8.35.